The first-order valence-corrected chi connectivity index (χ1v) is 25.7. The van der Waals surface area contributed by atoms with Gasteiger partial charge in [0.1, 0.15) is 25.4 Å². The molecule has 0 aromatic heterocycles. The molecule has 2 atom stereocenters. The van der Waals surface area contributed by atoms with Crippen molar-refractivity contribution in [3.8, 4) is 0 Å². The van der Waals surface area contributed by atoms with Crippen LogP contribution in [0.15, 0.2) is 21.5 Å². The minimum absolute atomic E-state index is 0.0912. The molecule has 0 fully saturated rings. The highest BCUT2D eigenvalue weighted by Gasteiger charge is 2.40. The zero-order valence-electron chi connectivity index (χ0n) is 23.0. The van der Waals surface area contributed by atoms with Crippen LogP contribution in [0, 0.1) is 0 Å². The molecule has 2 unspecified atom stereocenters. The highest BCUT2D eigenvalue weighted by Crippen LogP contribution is 2.35. The van der Waals surface area contributed by atoms with Gasteiger partial charge in [-0.15, -0.1) is 0 Å². The van der Waals surface area contributed by atoms with Gasteiger partial charge in [-0.3, -0.25) is 0 Å². The van der Waals surface area contributed by atoms with Crippen LogP contribution < -0.4 is 0 Å². The van der Waals surface area contributed by atoms with Gasteiger partial charge in [-0.1, -0.05) is 78.6 Å². The molecule has 0 saturated carbocycles. The summed E-state index contributed by atoms with van der Waals surface area (Å²) in [5, 5.41) is 38.6. The van der Waals surface area contributed by atoms with Crippen LogP contribution in [0.3, 0.4) is 0 Å². The lowest BCUT2D eigenvalue weighted by Crippen LogP contribution is -2.44. The van der Waals surface area contributed by atoms with E-state index in [0.717, 1.165) is 0 Å². The molecule has 0 aliphatic carbocycles. The third-order valence-electron chi connectivity index (χ3n) is 4.83. The Morgan fingerprint density at radius 1 is 0.545 bits per heavy atom. The van der Waals surface area contributed by atoms with Gasteiger partial charge in [-0.2, -0.15) is 0 Å². The zero-order chi connectivity index (χ0) is 26.4. The first-order valence-electron chi connectivity index (χ1n) is 11.7. The Labute approximate surface area is 205 Å². The summed E-state index contributed by atoms with van der Waals surface area (Å²) in [5.74, 6) is 0.728. The van der Waals surface area contributed by atoms with Crippen molar-refractivity contribution in [1.29, 1.82) is 0 Å². The predicted octanol–water partition coefficient (Wildman–Crippen LogP) is 3.68. The SMILES string of the molecule is C[Si](C)(C)C(=C(OCC(O)CO)OC(OCC(O)CO)=C([Si](C)(C)C)[Si](C)(C)C)[Si](C)(C)C. The molecule has 0 heterocycles. The van der Waals surface area contributed by atoms with Crippen LogP contribution >= 0.6 is 0 Å². The molecule has 0 spiro atoms. The topological polar surface area (TPSA) is 109 Å². The van der Waals surface area contributed by atoms with Gasteiger partial charge in [0, 0.05) is 0 Å². The van der Waals surface area contributed by atoms with Crippen LogP contribution in [0.4, 0.5) is 0 Å². The van der Waals surface area contributed by atoms with Gasteiger partial charge in [0.25, 0.3) is 11.9 Å². The lowest BCUT2D eigenvalue weighted by atomic mass is 10.4. The molecule has 0 aliphatic heterocycles. The van der Waals surface area contributed by atoms with E-state index in [1.165, 1.54) is 9.64 Å². The lowest BCUT2D eigenvalue weighted by Gasteiger charge is -2.36. The summed E-state index contributed by atoms with van der Waals surface area (Å²) in [5.41, 5.74) is 0. The highest BCUT2D eigenvalue weighted by molar-refractivity contribution is 7.05. The first kappa shape index (κ1) is 32.6. The molecule has 0 aromatic carbocycles. The van der Waals surface area contributed by atoms with Crippen molar-refractivity contribution in [2.75, 3.05) is 26.4 Å². The molecule has 0 aromatic rings. The van der Waals surface area contributed by atoms with Crippen LogP contribution in [-0.2, 0) is 14.2 Å². The fraction of sp³-hybridized carbons (Fsp3) is 0.818. The molecule has 0 saturated heterocycles. The molecule has 0 radical (unpaired) electrons. The number of aliphatic hydroxyl groups is 4. The van der Waals surface area contributed by atoms with E-state index in [-0.39, 0.29) is 13.2 Å². The van der Waals surface area contributed by atoms with Crippen molar-refractivity contribution in [3.05, 3.63) is 21.5 Å². The lowest BCUT2D eigenvalue weighted by molar-refractivity contribution is -0.0552. The molecule has 11 heteroatoms. The van der Waals surface area contributed by atoms with E-state index < -0.39 is 57.7 Å². The van der Waals surface area contributed by atoms with Gasteiger partial charge in [-0.05, 0) is 9.64 Å². The van der Waals surface area contributed by atoms with Gasteiger partial charge in [-0.25, -0.2) is 0 Å². The Balaban J connectivity index is 6.99. The summed E-state index contributed by atoms with van der Waals surface area (Å²) < 4.78 is 18.7. The standard InChI is InChI=1S/C22H50O7Si4/c1-30(2,3)21(31(4,5)6)19(27-15-17(25)13-23)29-20(28-16-18(26)14-24)22(32(7,8)9)33(10,11)12/h17-18,23-26H,13-16H2,1-12H3. The average molecular weight is 539 g/mol. The number of aliphatic hydroxyl groups excluding tert-OH is 4. The third-order valence-corrected chi connectivity index (χ3v) is 20.6. The molecular formula is C22H50O7Si4. The summed E-state index contributed by atoms with van der Waals surface area (Å²) in [6, 6.07) is 0. The number of hydrogen-bond donors (Lipinski definition) is 4. The van der Waals surface area contributed by atoms with Crippen LogP contribution in [0.1, 0.15) is 0 Å². The fourth-order valence-electron chi connectivity index (χ4n) is 4.31. The van der Waals surface area contributed by atoms with Gasteiger partial charge in [0.15, 0.2) is 0 Å². The van der Waals surface area contributed by atoms with E-state index in [2.05, 4.69) is 78.6 Å². The molecule has 7 nitrogen and oxygen atoms in total. The van der Waals surface area contributed by atoms with Crippen LogP contribution in [-0.4, -0.2) is 91.4 Å². The number of rotatable bonds is 14. The van der Waals surface area contributed by atoms with Gasteiger partial charge in [0.2, 0.25) is 0 Å². The predicted molar refractivity (Wildman–Crippen MR) is 147 cm³/mol. The maximum Gasteiger partial charge on any atom is 0.278 e. The Hall–Kier alpha value is -0.412. The van der Waals surface area contributed by atoms with Crippen molar-refractivity contribution in [2.24, 2.45) is 0 Å². The molecule has 0 rings (SSSR count). The quantitative estimate of drug-likeness (QED) is 0.197. The summed E-state index contributed by atoms with van der Waals surface area (Å²) >= 11 is 0. The van der Waals surface area contributed by atoms with Crippen LogP contribution in [0.2, 0.25) is 78.6 Å². The Morgan fingerprint density at radius 2 is 0.788 bits per heavy atom. The highest BCUT2D eigenvalue weighted by atomic mass is 28.4. The molecule has 33 heavy (non-hydrogen) atoms. The maximum atomic E-state index is 9.98. The average Bonchev–Trinajstić information content (AvgIpc) is 2.58. The van der Waals surface area contributed by atoms with Crippen molar-refractivity contribution in [2.45, 2.75) is 90.8 Å². The summed E-state index contributed by atoms with van der Waals surface area (Å²) in [7, 11) is -7.64. The molecule has 0 aliphatic rings. The zero-order valence-corrected chi connectivity index (χ0v) is 27.0. The van der Waals surface area contributed by atoms with E-state index in [1.807, 2.05) is 0 Å². The van der Waals surface area contributed by atoms with E-state index in [4.69, 9.17) is 14.2 Å². The number of hydrogen-bond acceptors (Lipinski definition) is 7. The maximum absolute atomic E-state index is 9.98. The van der Waals surface area contributed by atoms with Gasteiger partial charge < -0.3 is 34.6 Å². The summed E-state index contributed by atoms with van der Waals surface area (Å²) in [6.07, 6.45) is -2.04. The Bertz CT molecular complexity index is 591. The molecule has 196 valence electrons. The molecular weight excluding hydrogens is 489 g/mol. The van der Waals surface area contributed by atoms with Gasteiger partial charge >= 0.3 is 0 Å². The first-order chi connectivity index (χ1) is 14.7. The van der Waals surface area contributed by atoms with Crippen molar-refractivity contribution < 1.29 is 34.6 Å². The van der Waals surface area contributed by atoms with Crippen molar-refractivity contribution in [1.82, 2.24) is 0 Å². The minimum Gasteiger partial charge on any atom is -0.463 e. The van der Waals surface area contributed by atoms with Crippen LogP contribution in [0.25, 0.3) is 0 Å². The van der Waals surface area contributed by atoms with E-state index >= 15 is 0 Å². The molecule has 4 N–H and O–H groups in total. The molecule has 0 amide bonds. The largest absolute Gasteiger partial charge is 0.463 e. The monoisotopic (exact) mass is 538 g/mol. The normalized spacial score (nSPS) is 14.9. The fourth-order valence-corrected chi connectivity index (χ4v) is 25.3. The number of ether oxygens (including phenoxy) is 3. The second-order valence-electron chi connectivity index (χ2n) is 12.7. The smallest absolute Gasteiger partial charge is 0.278 e. The second kappa shape index (κ2) is 12.5. The second-order valence-corrected chi connectivity index (χ2v) is 33.7. The Kier molecular flexibility index (Phi) is 12.4. The van der Waals surface area contributed by atoms with Crippen molar-refractivity contribution in [3.63, 3.8) is 0 Å². The summed E-state index contributed by atoms with van der Waals surface area (Å²) in [4.78, 5) is 2.35. The van der Waals surface area contributed by atoms with E-state index in [1.54, 1.807) is 0 Å². The summed E-state index contributed by atoms with van der Waals surface area (Å²) in [6.45, 7) is 25.9. The van der Waals surface area contributed by atoms with Gasteiger partial charge in [0.05, 0.1) is 45.5 Å². The van der Waals surface area contributed by atoms with E-state index in [0.29, 0.717) is 11.9 Å². The van der Waals surface area contributed by atoms with Crippen LogP contribution in [0.5, 0.6) is 0 Å². The van der Waals surface area contributed by atoms with E-state index in [9.17, 15) is 20.4 Å². The molecule has 0 bridgehead atoms. The minimum atomic E-state index is -1.91. The van der Waals surface area contributed by atoms with Crippen molar-refractivity contribution >= 4 is 32.3 Å². The Morgan fingerprint density at radius 3 is 0.970 bits per heavy atom. The third kappa shape index (κ3) is 11.2.